The SMILES string of the molecule is Cc1c(C(=O)Nc2cccc(OCCn3cncn3)c2)oc2ccccc12. The highest BCUT2D eigenvalue weighted by Gasteiger charge is 2.17. The van der Waals surface area contributed by atoms with Crippen molar-refractivity contribution in [3.05, 3.63) is 72.5 Å². The molecule has 0 aliphatic heterocycles. The molecule has 0 aliphatic rings. The minimum absolute atomic E-state index is 0.288. The largest absolute Gasteiger partial charge is 0.492 e. The molecule has 0 saturated heterocycles. The number of amides is 1. The summed E-state index contributed by atoms with van der Waals surface area (Å²) in [5, 5.41) is 7.82. The van der Waals surface area contributed by atoms with Crippen LogP contribution >= 0.6 is 0 Å². The van der Waals surface area contributed by atoms with Gasteiger partial charge < -0.3 is 14.5 Å². The number of para-hydroxylation sites is 1. The average molecular weight is 362 g/mol. The zero-order chi connectivity index (χ0) is 18.6. The van der Waals surface area contributed by atoms with Crippen molar-refractivity contribution in [2.45, 2.75) is 13.5 Å². The molecule has 0 bridgehead atoms. The molecule has 1 N–H and O–H groups in total. The lowest BCUT2D eigenvalue weighted by atomic mass is 10.1. The zero-order valence-corrected chi connectivity index (χ0v) is 14.8. The van der Waals surface area contributed by atoms with Crippen molar-refractivity contribution in [3.63, 3.8) is 0 Å². The average Bonchev–Trinajstić information content (AvgIpc) is 3.31. The molecule has 0 unspecified atom stereocenters. The maximum Gasteiger partial charge on any atom is 0.291 e. The Balaban J connectivity index is 1.44. The lowest BCUT2D eigenvalue weighted by Gasteiger charge is -2.09. The lowest BCUT2D eigenvalue weighted by Crippen LogP contribution is -2.12. The van der Waals surface area contributed by atoms with Crippen molar-refractivity contribution in [3.8, 4) is 5.75 Å². The van der Waals surface area contributed by atoms with Crippen molar-refractivity contribution in [2.24, 2.45) is 0 Å². The fourth-order valence-electron chi connectivity index (χ4n) is 2.85. The van der Waals surface area contributed by atoms with Gasteiger partial charge in [-0.05, 0) is 25.1 Å². The van der Waals surface area contributed by atoms with Gasteiger partial charge in [-0.15, -0.1) is 0 Å². The molecule has 0 aliphatic carbocycles. The molecule has 7 heteroatoms. The summed E-state index contributed by atoms with van der Waals surface area (Å²) in [4.78, 5) is 16.5. The lowest BCUT2D eigenvalue weighted by molar-refractivity contribution is 0.0998. The van der Waals surface area contributed by atoms with Crippen LogP contribution in [0.25, 0.3) is 11.0 Å². The summed E-state index contributed by atoms with van der Waals surface area (Å²) in [7, 11) is 0. The molecular formula is C20H18N4O3. The van der Waals surface area contributed by atoms with Gasteiger partial charge in [0.2, 0.25) is 0 Å². The number of furan rings is 1. The molecule has 0 fully saturated rings. The number of ether oxygens (including phenoxy) is 1. The summed E-state index contributed by atoms with van der Waals surface area (Å²) < 4.78 is 13.1. The second-order valence-corrected chi connectivity index (χ2v) is 6.04. The predicted molar refractivity (Wildman–Crippen MR) is 101 cm³/mol. The number of carbonyl (C=O) groups excluding carboxylic acids is 1. The highest BCUT2D eigenvalue weighted by Crippen LogP contribution is 2.26. The third-order valence-corrected chi connectivity index (χ3v) is 4.20. The van der Waals surface area contributed by atoms with Crippen molar-refractivity contribution >= 4 is 22.6 Å². The Bertz CT molecular complexity index is 1070. The molecule has 4 rings (SSSR count). The first-order valence-corrected chi connectivity index (χ1v) is 8.55. The second-order valence-electron chi connectivity index (χ2n) is 6.04. The topological polar surface area (TPSA) is 82.2 Å². The predicted octanol–water partition coefficient (Wildman–Crippen LogP) is 3.66. The van der Waals surface area contributed by atoms with E-state index < -0.39 is 0 Å². The molecule has 2 aromatic carbocycles. The van der Waals surface area contributed by atoms with Crippen LogP contribution in [-0.2, 0) is 6.54 Å². The number of hydrogen-bond donors (Lipinski definition) is 1. The van der Waals surface area contributed by atoms with Gasteiger partial charge in [0.05, 0.1) is 6.54 Å². The molecule has 136 valence electrons. The highest BCUT2D eigenvalue weighted by atomic mass is 16.5. The first-order chi connectivity index (χ1) is 13.2. The van der Waals surface area contributed by atoms with E-state index in [4.69, 9.17) is 9.15 Å². The molecule has 2 aromatic heterocycles. The minimum Gasteiger partial charge on any atom is -0.492 e. The zero-order valence-electron chi connectivity index (χ0n) is 14.8. The fraction of sp³-hybridized carbons (Fsp3) is 0.150. The van der Waals surface area contributed by atoms with Crippen LogP contribution in [0.4, 0.5) is 5.69 Å². The first kappa shape index (κ1) is 16.8. The van der Waals surface area contributed by atoms with Gasteiger partial charge in [-0.25, -0.2) is 9.67 Å². The minimum atomic E-state index is -0.288. The molecule has 4 aromatic rings. The van der Waals surface area contributed by atoms with E-state index >= 15 is 0 Å². The number of fused-ring (bicyclic) bond motifs is 1. The van der Waals surface area contributed by atoms with Crippen molar-refractivity contribution in [2.75, 3.05) is 11.9 Å². The Morgan fingerprint density at radius 1 is 1.22 bits per heavy atom. The van der Waals surface area contributed by atoms with E-state index in [-0.39, 0.29) is 5.91 Å². The third kappa shape index (κ3) is 3.67. The van der Waals surface area contributed by atoms with Crippen LogP contribution in [0.3, 0.4) is 0 Å². The maximum atomic E-state index is 12.6. The summed E-state index contributed by atoms with van der Waals surface area (Å²) in [6, 6.07) is 14.8. The summed E-state index contributed by atoms with van der Waals surface area (Å²) in [5.41, 5.74) is 2.16. The Hall–Kier alpha value is -3.61. The van der Waals surface area contributed by atoms with Crippen molar-refractivity contribution in [1.29, 1.82) is 0 Å². The van der Waals surface area contributed by atoms with Gasteiger partial charge in [-0.1, -0.05) is 24.3 Å². The van der Waals surface area contributed by atoms with Gasteiger partial charge in [0.25, 0.3) is 5.91 Å². The number of aryl methyl sites for hydroxylation is 1. The first-order valence-electron chi connectivity index (χ1n) is 8.55. The smallest absolute Gasteiger partial charge is 0.291 e. The highest BCUT2D eigenvalue weighted by molar-refractivity contribution is 6.06. The van der Waals surface area contributed by atoms with Crippen LogP contribution in [-0.4, -0.2) is 27.3 Å². The summed E-state index contributed by atoms with van der Waals surface area (Å²) in [6.07, 6.45) is 3.12. The van der Waals surface area contributed by atoms with Crippen LogP contribution in [0.2, 0.25) is 0 Å². The molecule has 27 heavy (non-hydrogen) atoms. The number of carbonyl (C=O) groups is 1. The molecule has 0 saturated carbocycles. The van der Waals surface area contributed by atoms with Crippen LogP contribution in [0.15, 0.2) is 65.6 Å². The molecule has 2 heterocycles. The van der Waals surface area contributed by atoms with Gasteiger partial charge in [0.15, 0.2) is 5.76 Å². The standard InChI is InChI=1S/C20H18N4O3/c1-14-17-7-2-3-8-18(17)27-19(14)20(25)23-15-5-4-6-16(11-15)26-10-9-24-13-21-12-22-24/h2-8,11-13H,9-10H2,1H3,(H,23,25). The van der Waals surface area contributed by atoms with E-state index in [0.717, 1.165) is 10.9 Å². The summed E-state index contributed by atoms with van der Waals surface area (Å²) in [6.45, 7) is 2.92. The van der Waals surface area contributed by atoms with E-state index in [1.807, 2.05) is 43.3 Å². The second kappa shape index (κ2) is 7.33. The Labute approximate surface area is 155 Å². The fourth-order valence-corrected chi connectivity index (χ4v) is 2.85. The number of benzene rings is 2. The van der Waals surface area contributed by atoms with Crippen LogP contribution < -0.4 is 10.1 Å². The molecule has 0 spiro atoms. The quantitative estimate of drug-likeness (QED) is 0.566. The number of nitrogens with one attached hydrogen (secondary N) is 1. The van der Waals surface area contributed by atoms with Crippen molar-refractivity contribution < 1.29 is 13.9 Å². The van der Waals surface area contributed by atoms with Crippen molar-refractivity contribution in [1.82, 2.24) is 14.8 Å². The number of rotatable bonds is 6. The van der Waals surface area contributed by atoms with Crippen LogP contribution in [0, 0.1) is 6.92 Å². The Kier molecular flexibility index (Phi) is 4.57. The van der Waals surface area contributed by atoms with Gasteiger partial charge in [-0.2, -0.15) is 5.10 Å². The number of aromatic nitrogens is 3. The Morgan fingerprint density at radius 2 is 2.11 bits per heavy atom. The van der Waals surface area contributed by atoms with E-state index in [9.17, 15) is 4.79 Å². The Morgan fingerprint density at radius 3 is 2.93 bits per heavy atom. The summed E-state index contributed by atoms with van der Waals surface area (Å²) in [5.74, 6) is 0.686. The number of nitrogens with zero attached hydrogens (tertiary/aromatic N) is 3. The van der Waals surface area contributed by atoms with Gasteiger partial charge in [-0.3, -0.25) is 4.79 Å². The van der Waals surface area contributed by atoms with Gasteiger partial charge >= 0.3 is 0 Å². The molecule has 0 atom stereocenters. The maximum absolute atomic E-state index is 12.6. The normalized spacial score (nSPS) is 10.9. The monoisotopic (exact) mass is 362 g/mol. The van der Waals surface area contributed by atoms with Gasteiger partial charge in [0, 0.05) is 22.7 Å². The number of anilines is 1. The van der Waals surface area contributed by atoms with E-state index in [1.54, 1.807) is 23.1 Å². The van der Waals surface area contributed by atoms with E-state index in [2.05, 4.69) is 15.4 Å². The third-order valence-electron chi connectivity index (χ3n) is 4.20. The van der Waals surface area contributed by atoms with E-state index in [1.165, 1.54) is 6.33 Å². The number of hydrogen-bond acceptors (Lipinski definition) is 5. The van der Waals surface area contributed by atoms with E-state index in [0.29, 0.717) is 35.9 Å². The molecule has 1 amide bonds. The molecule has 0 radical (unpaired) electrons. The van der Waals surface area contributed by atoms with Crippen LogP contribution in [0.5, 0.6) is 5.75 Å². The molecule has 7 nitrogen and oxygen atoms in total. The van der Waals surface area contributed by atoms with Gasteiger partial charge in [0.1, 0.15) is 30.6 Å². The molecular weight excluding hydrogens is 344 g/mol. The summed E-state index contributed by atoms with van der Waals surface area (Å²) >= 11 is 0. The van der Waals surface area contributed by atoms with Crippen LogP contribution in [0.1, 0.15) is 16.1 Å².